The lowest BCUT2D eigenvalue weighted by atomic mass is 10.0. The van der Waals surface area contributed by atoms with Crippen molar-refractivity contribution in [2.45, 2.75) is 19.9 Å². The number of carbonyl (C=O) groups excluding carboxylic acids is 1. The van der Waals surface area contributed by atoms with Gasteiger partial charge in [0.25, 0.3) is 0 Å². The lowest BCUT2D eigenvalue weighted by molar-refractivity contribution is 0.0948. The van der Waals surface area contributed by atoms with Crippen LogP contribution in [0.2, 0.25) is 0 Å². The van der Waals surface area contributed by atoms with Crippen LogP contribution in [-0.2, 0) is 13.0 Å². The number of ether oxygens (including phenoxy) is 4. The first-order valence-corrected chi connectivity index (χ1v) is 11.5. The molecular formula is C28H27NO5. The van der Waals surface area contributed by atoms with Crippen LogP contribution >= 0.6 is 0 Å². The molecule has 6 heteroatoms. The summed E-state index contributed by atoms with van der Waals surface area (Å²) in [5, 5.41) is 0. The Bertz CT molecular complexity index is 1230. The number of carbonyl (C=O) groups is 1. The highest BCUT2D eigenvalue weighted by atomic mass is 16.5. The molecule has 0 aliphatic carbocycles. The van der Waals surface area contributed by atoms with Gasteiger partial charge in [-0.15, -0.1) is 0 Å². The molecule has 3 aromatic rings. The van der Waals surface area contributed by atoms with E-state index in [0.717, 1.165) is 46.9 Å². The minimum absolute atomic E-state index is 0.113. The molecular weight excluding hydrogens is 430 g/mol. The van der Waals surface area contributed by atoms with Gasteiger partial charge in [0.05, 0.1) is 24.8 Å². The number of fused-ring (bicyclic) bond motifs is 3. The van der Waals surface area contributed by atoms with E-state index in [-0.39, 0.29) is 5.78 Å². The van der Waals surface area contributed by atoms with Crippen LogP contribution in [0.15, 0.2) is 66.4 Å². The Labute approximate surface area is 199 Å². The Morgan fingerprint density at radius 3 is 2.68 bits per heavy atom. The second-order valence-electron chi connectivity index (χ2n) is 8.25. The SMILES string of the molecule is CCOc1ccc(/C=C2\Oc3c(ccc4c3CN(CCc3ccccc3OC)CO4)C2=O)cc1. The van der Waals surface area contributed by atoms with E-state index in [1.165, 1.54) is 0 Å². The quantitative estimate of drug-likeness (QED) is 0.460. The average Bonchev–Trinajstić information content (AvgIpc) is 3.19. The highest BCUT2D eigenvalue weighted by Crippen LogP contribution is 2.42. The predicted molar refractivity (Wildman–Crippen MR) is 130 cm³/mol. The van der Waals surface area contributed by atoms with Crippen molar-refractivity contribution >= 4 is 11.9 Å². The Hall–Kier alpha value is -3.77. The third-order valence-electron chi connectivity index (χ3n) is 6.06. The number of rotatable bonds is 7. The number of allylic oxidation sites excluding steroid dienone is 1. The van der Waals surface area contributed by atoms with Crippen molar-refractivity contribution in [2.75, 3.05) is 27.0 Å². The summed E-state index contributed by atoms with van der Waals surface area (Å²) < 4.78 is 23.1. The van der Waals surface area contributed by atoms with Crippen LogP contribution in [0.5, 0.6) is 23.0 Å². The molecule has 34 heavy (non-hydrogen) atoms. The van der Waals surface area contributed by atoms with Crippen molar-refractivity contribution in [2.24, 2.45) is 0 Å². The van der Waals surface area contributed by atoms with Crippen molar-refractivity contribution in [1.29, 1.82) is 0 Å². The third-order valence-corrected chi connectivity index (χ3v) is 6.06. The Morgan fingerprint density at radius 2 is 1.88 bits per heavy atom. The van der Waals surface area contributed by atoms with E-state index in [1.54, 1.807) is 19.3 Å². The fraction of sp³-hybridized carbons (Fsp3) is 0.250. The summed E-state index contributed by atoms with van der Waals surface area (Å²) in [6.07, 6.45) is 2.61. The van der Waals surface area contributed by atoms with Gasteiger partial charge in [-0.25, -0.2) is 0 Å². The van der Waals surface area contributed by atoms with Gasteiger partial charge in [0.15, 0.2) is 5.76 Å². The van der Waals surface area contributed by atoms with Gasteiger partial charge >= 0.3 is 0 Å². The molecule has 2 aliphatic heterocycles. The maximum atomic E-state index is 13.0. The fourth-order valence-corrected chi connectivity index (χ4v) is 4.31. The zero-order valence-corrected chi connectivity index (χ0v) is 19.4. The number of para-hydroxylation sites is 1. The molecule has 0 radical (unpaired) electrons. The molecule has 0 aromatic heterocycles. The molecule has 0 fully saturated rings. The molecule has 5 rings (SSSR count). The maximum Gasteiger partial charge on any atom is 0.231 e. The summed E-state index contributed by atoms with van der Waals surface area (Å²) >= 11 is 0. The van der Waals surface area contributed by atoms with Crippen LogP contribution < -0.4 is 18.9 Å². The number of hydrogen-bond donors (Lipinski definition) is 0. The van der Waals surface area contributed by atoms with Crippen molar-refractivity contribution in [3.63, 3.8) is 0 Å². The van der Waals surface area contributed by atoms with Crippen LogP contribution in [0.25, 0.3) is 6.08 Å². The Morgan fingerprint density at radius 1 is 1.06 bits per heavy atom. The molecule has 0 saturated heterocycles. The maximum absolute atomic E-state index is 13.0. The zero-order chi connectivity index (χ0) is 23.5. The second-order valence-corrected chi connectivity index (χ2v) is 8.25. The lowest BCUT2D eigenvalue weighted by Gasteiger charge is -2.29. The van der Waals surface area contributed by atoms with Crippen LogP contribution in [0.4, 0.5) is 0 Å². The van der Waals surface area contributed by atoms with Gasteiger partial charge in [-0.05, 0) is 60.9 Å². The lowest BCUT2D eigenvalue weighted by Crippen LogP contribution is -2.33. The van der Waals surface area contributed by atoms with Gasteiger partial charge in [0.1, 0.15) is 29.7 Å². The molecule has 3 aromatic carbocycles. The number of Topliss-reactive ketones (excluding diaryl/α,β-unsaturated/α-hetero) is 1. The highest BCUT2D eigenvalue weighted by Gasteiger charge is 2.33. The van der Waals surface area contributed by atoms with Crippen LogP contribution in [0.1, 0.15) is 34.0 Å². The van der Waals surface area contributed by atoms with Crippen molar-refractivity contribution < 1.29 is 23.7 Å². The third kappa shape index (κ3) is 4.37. The molecule has 0 atom stereocenters. The van der Waals surface area contributed by atoms with Gasteiger partial charge in [-0.1, -0.05) is 30.3 Å². The topological polar surface area (TPSA) is 57.2 Å². The average molecular weight is 458 g/mol. The van der Waals surface area contributed by atoms with Crippen LogP contribution in [-0.4, -0.2) is 37.7 Å². The van der Waals surface area contributed by atoms with E-state index in [1.807, 2.05) is 55.5 Å². The fourth-order valence-electron chi connectivity index (χ4n) is 4.31. The normalized spacial score (nSPS) is 15.9. The standard InChI is InChI=1S/C28H27NO5/c1-3-32-21-10-8-19(9-11-21)16-26-27(30)22-12-13-25-23(28(22)34-26)17-29(18-33-25)15-14-20-6-4-5-7-24(20)31-2/h4-13,16H,3,14-15,17-18H2,1-2H3/b26-16-. The van der Waals surface area contributed by atoms with Gasteiger partial charge in [-0.2, -0.15) is 0 Å². The first-order chi connectivity index (χ1) is 16.7. The predicted octanol–water partition coefficient (Wildman–Crippen LogP) is 5.10. The van der Waals surface area contributed by atoms with Crippen LogP contribution in [0.3, 0.4) is 0 Å². The minimum Gasteiger partial charge on any atom is -0.496 e. The van der Waals surface area contributed by atoms with E-state index in [9.17, 15) is 4.79 Å². The molecule has 0 amide bonds. The summed E-state index contributed by atoms with van der Waals surface area (Å²) in [7, 11) is 1.69. The van der Waals surface area contributed by atoms with E-state index in [4.69, 9.17) is 18.9 Å². The molecule has 0 bridgehead atoms. The van der Waals surface area contributed by atoms with Crippen LogP contribution in [0, 0.1) is 0 Å². The second kappa shape index (κ2) is 9.61. The number of nitrogens with zero attached hydrogens (tertiary/aromatic N) is 1. The number of ketones is 1. The Balaban J connectivity index is 1.33. The van der Waals surface area contributed by atoms with E-state index < -0.39 is 0 Å². The molecule has 0 unspecified atom stereocenters. The zero-order valence-electron chi connectivity index (χ0n) is 19.4. The summed E-state index contributed by atoms with van der Waals surface area (Å²) in [6, 6.07) is 19.3. The number of benzene rings is 3. The highest BCUT2D eigenvalue weighted by molar-refractivity contribution is 6.15. The van der Waals surface area contributed by atoms with Crippen molar-refractivity contribution in [1.82, 2.24) is 4.90 Å². The van der Waals surface area contributed by atoms with E-state index in [0.29, 0.717) is 37.0 Å². The minimum atomic E-state index is -0.113. The molecule has 0 saturated carbocycles. The van der Waals surface area contributed by atoms with E-state index in [2.05, 4.69) is 11.0 Å². The molecule has 6 nitrogen and oxygen atoms in total. The summed E-state index contributed by atoms with van der Waals surface area (Å²) in [4.78, 5) is 15.2. The first-order valence-electron chi connectivity index (χ1n) is 11.5. The van der Waals surface area contributed by atoms with Crippen molar-refractivity contribution in [3.8, 4) is 23.0 Å². The van der Waals surface area contributed by atoms with Gasteiger partial charge in [-0.3, -0.25) is 9.69 Å². The summed E-state index contributed by atoms with van der Waals surface area (Å²) in [6.45, 7) is 4.50. The number of hydrogen-bond acceptors (Lipinski definition) is 6. The molecule has 2 aliphatic rings. The van der Waals surface area contributed by atoms with Gasteiger partial charge < -0.3 is 18.9 Å². The Kier molecular flexibility index (Phi) is 6.23. The van der Waals surface area contributed by atoms with Gasteiger partial charge in [0.2, 0.25) is 5.78 Å². The number of methoxy groups -OCH3 is 1. The molecule has 0 spiro atoms. The molecule has 0 N–H and O–H groups in total. The monoisotopic (exact) mass is 457 g/mol. The molecule has 2 heterocycles. The van der Waals surface area contributed by atoms with Gasteiger partial charge in [0, 0.05) is 13.1 Å². The molecule has 174 valence electrons. The first kappa shape index (κ1) is 22.0. The van der Waals surface area contributed by atoms with E-state index >= 15 is 0 Å². The summed E-state index contributed by atoms with van der Waals surface area (Å²) in [5.74, 6) is 3.26. The summed E-state index contributed by atoms with van der Waals surface area (Å²) in [5.41, 5.74) is 3.52. The van der Waals surface area contributed by atoms with Crippen molar-refractivity contribution in [3.05, 3.63) is 88.7 Å². The smallest absolute Gasteiger partial charge is 0.231 e. The largest absolute Gasteiger partial charge is 0.496 e.